The molecule has 0 unspecified atom stereocenters. The molecule has 0 aromatic heterocycles. The van der Waals surface area contributed by atoms with E-state index in [1.807, 2.05) is 0 Å². The van der Waals surface area contributed by atoms with E-state index in [1.54, 1.807) is 30.3 Å². The number of ether oxygens (including phenoxy) is 1. The number of carbonyl (C=O) groups excluding carboxylic acids is 1. The van der Waals surface area contributed by atoms with Gasteiger partial charge in [0.25, 0.3) is 9.84 Å². The summed E-state index contributed by atoms with van der Waals surface area (Å²) in [5.74, 6) is -1.84. The molecule has 0 bridgehead atoms. The second-order valence-electron chi connectivity index (χ2n) is 5.33. The number of hydrogen-bond acceptors (Lipinski definition) is 5. The minimum atomic E-state index is -5.73. The molecule has 1 aromatic rings. The molecule has 0 saturated carbocycles. The first kappa shape index (κ1) is 19.0. The van der Waals surface area contributed by atoms with E-state index in [0.29, 0.717) is 10.5 Å². The molecule has 138 valence electrons. The average Bonchev–Trinajstić information content (AvgIpc) is 2.98. The summed E-state index contributed by atoms with van der Waals surface area (Å²) in [6.07, 6.45) is -1.82. The Bertz CT molecular complexity index is 750. The fraction of sp³-hybridized carbons (Fsp3) is 0.429. The van der Waals surface area contributed by atoms with Gasteiger partial charge in [-0.2, -0.15) is 13.2 Å². The normalized spacial score (nSPS) is 21.2. The van der Waals surface area contributed by atoms with E-state index >= 15 is 0 Å². The number of rotatable bonds is 4. The number of halogens is 3. The van der Waals surface area contributed by atoms with E-state index in [1.165, 1.54) is 0 Å². The Kier molecular flexibility index (Phi) is 5.26. The Morgan fingerprint density at radius 2 is 1.84 bits per heavy atom. The van der Waals surface area contributed by atoms with Crippen molar-refractivity contribution in [2.75, 3.05) is 6.54 Å². The van der Waals surface area contributed by atoms with E-state index in [9.17, 15) is 31.2 Å². The SMILES string of the molecule is O=C(O)[C@@H]1[C@@H](S(=O)(=O)C(F)(F)F)CCN1C(=O)OCc1ccccc1. The van der Waals surface area contributed by atoms with Crippen LogP contribution in [-0.4, -0.2) is 53.8 Å². The van der Waals surface area contributed by atoms with Gasteiger partial charge in [-0.25, -0.2) is 18.0 Å². The molecule has 0 aliphatic carbocycles. The van der Waals surface area contributed by atoms with Crippen molar-refractivity contribution < 1.29 is 41.0 Å². The van der Waals surface area contributed by atoms with Gasteiger partial charge in [-0.05, 0) is 12.0 Å². The zero-order valence-corrected chi connectivity index (χ0v) is 13.5. The summed E-state index contributed by atoms with van der Waals surface area (Å²) in [5.41, 5.74) is -5.02. The monoisotopic (exact) mass is 381 g/mol. The summed E-state index contributed by atoms with van der Waals surface area (Å²) in [5, 5.41) is 6.87. The van der Waals surface area contributed by atoms with Crippen molar-refractivity contribution >= 4 is 21.9 Å². The van der Waals surface area contributed by atoms with Crippen LogP contribution in [0, 0.1) is 0 Å². The predicted molar refractivity (Wildman–Crippen MR) is 78.1 cm³/mol. The fourth-order valence-corrected chi connectivity index (χ4v) is 3.92. The molecular formula is C14H14F3NO6S. The second-order valence-corrected chi connectivity index (χ2v) is 7.49. The van der Waals surface area contributed by atoms with Gasteiger partial charge < -0.3 is 9.84 Å². The number of likely N-dealkylation sites (tertiary alicyclic amines) is 1. The summed E-state index contributed by atoms with van der Waals surface area (Å²) >= 11 is 0. The number of nitrogens with zero attached hydrogens (tertiary/aromatic N) is 1. The van der Waals surface area contributed by atoms with Gasteiger partial charge in [0.15, 0.2) is 0 Å². The predicted octanol–water partition coefficient (Wildman–Crippen LogP) is 1.79. The van der Waals surface area contributed by atoms with Crippen LogP contribution in [0.1, 0.15) is 12.0 Å². The third-order valence-electron chi connectivity index (χ3n) is 3.76. The molecule has 1 aliphatic heterocycles. The molecule has 1 fully saturated rings. The highest BCUT2D eigenvalue weighted by Crippen LogP contribution is 2.35. The van der Waals surface area contributed by atoms with Crippen LogP contribution in [0.25, 0.3) is 0 Å². The Labute approximate surface area is 140 Å². The largest absolute Gasteiger partial charge is 0.497 e. The number of sulfone groups is 1. The van der Waals surface area contributed by atoms with Gasteiger partial charge in [-0.15, -0.1) is 0 Å². The average molecular weight is 381 g/mol. The standard InChI is InChI=1S/C14H14F3NO6S/c15-14(16,17)25(22,23)10-6-7-18(11(10)12(19)20)13(21)24-8-9-4-2-1-3-5-9/h1-5,10-11H,6-8H2,(H,19,20)/t10-,11-/m0/s1. The van der Waals surface area contributed by atoms with E-state index in [4.69, 9.17) is 9.84 Å². The molecule has 1 amide bonds. The molecule has 2 atom stereocenters. The molecule has 1 aromatic carbocycles. The van der Waals surface area contributed by atoms with E-state index in [0.717, 1.165) is 0 Å². The van der Waals surface area contributed by atoms with Crippen molar-refractivity contribution in [1.29, 1.82) is 0 Å². The minimum absolute atomic E-state index is 0.223. The first-order valence-electron chi connectivity index (χ1n) is 7.06. The van der Waals surface area contributed by atoms with Gasteiger partial charge in [0, 0.05) is 6.54 Å². The third kappa shape index (κ3) is 3.86. The molecule has 1 aliphatic rings. The summed E-state index contributed by atoms with van der Waals surface area (Å²) < 4.78 is 66.1. The number of amides is 1. The lowest BCUT2D eigenvalue weighted by Crippen LogP contribution is -2.50. The molecule has 25 heavy (non-hydrogen) atoms. The van der Waals surface area contributed by atoms with Gasteiger partial charge in [0.05, 0.1) is 0 Å². The van der Waals surface area contributed by atoms with Crippen molar-refractivity contribution in [2.45, 2.75) is 29.8 Å². The number of alkyl halides is 3. The zero-order chi connectivity index (χ0) is 18.8. The van der Waals surface area contributed by atoms with Crippen molar-refractivity contribution in [3.63, 3.8) is 0 Å². The maximum absolute atomic E-state index is 12.7. The molecule has 1 saturated heterocycles. The highest BCUT2D eigenvalue weighted by molar-refractivity contribution is 7.93. The van der Waals surface area contributed by atoms with Crippen molar-refractivity contribution in [3.8, 4) is 0 Å². The summed E-state index contributed by atoms with van der Waals surface area (Å²) in [4.78, 5) is 23.8. The molecule has 0 radical (unpaired) electrons. The van der Waals surface area contributed by atoms with E-state index in [2.05, 4.69) is 0 Å². The molecule has 7 nitrogen and oxygen atoms in total. The molecule has 0 spiro atoms. The van der Waals surface area contributed by atoms with Gasteiger partial charge in [-0.3, -0.25) is 4.90 Å². The van der Waals surface area contributed by atoms with E-state index < -0.39 is 51.7 Å². The molecule has 1 N–H and O–H groups in total. The molecule has 2 rings (SSSR count). The minimum Gasteiger partial charge on any atom is -0.480 e. The van der Waals surface area contributed by atoms with Crippen LogP contribution in [0.4, 0.5) is 18.0 Å². The Morgan fingerprint density at radius 1 is 1.24 bits per heavy atom. The van der Waals surface area contributed by atoms with E-state index in [-0.39, 0.29) is 6.61 Å². The topological polar surface area (TPSA) is 101 Å². The third-order valence-corrected chi connectivity index (χ3v) is 5.69. The number of hydrogen-bond donors (Lipinski definition) is 1. The maximum atomic E-state index is 12.7. The molecule has 11 heteroatoms. The fourth-order valence-electron chi connectivity index (χ4n) is 2.56. The van der Waals surface area contributed by atoms with Crippen LogP contribution in [0.2, 0.25) is 0 Å². The second kappa shape index (κ2) is 6.90. The van der Waals surface area contributed by atoms with Gasteiger partial charge in [-0.1, -0.05) is 30.3 Å². The first-order valence-corrected chi connectivity index (χ1v) is 8.60. The smallest absolute Gasteiger partial charge is 0.480 e. The number of benzene rings is 1. The van der Waals surface area contributed by atoms with Crippen molar-refractivity contribution in [3.05, 3.63) is 35.9 Å². The number of carboxylic acids is 1. The number of carboxylic acid groups (broad SMARTS) is 1. The van der Waals surface area contributed by atoms with Crippen LogP contribution >= 0.6 is 0 Å². The summed E-state index contributed by atoms with van der Waals surface area (Å²) in [7, 11) is -5.73. The van der Waals surface area contributed by atoms with Crippen molar-refractivity contribution in [2.24, 2.45) is 0 Å². The van der Waals surface area contributed by atoms with Crippen LogP contribution in [-0.2, 0) is 26.0 Å². The highest BCUT2D eigenvalue weighted by Gasteiger charge is 2.59. The molecular weight excluding hydrogens is 367 g/mol. The lowest BCUT2D eigenvalue weighted by Gasteiger charge is -2.24. The highest BCUT2D eigenvalue weighted by atomic mass is 32.2. The van der Waals surface area contributed by atoms with Crippen LogP contribution < -0.4 is 0 Å². The van der Waals surface area contributed by atoms with Crippen LogP contribution in [0.15, 0.2) is 30.3 Å². The van der Waals surface area contributed by atoms with Crippen molar-refractivity contribution in [1.82, 2.24) is 4.90 Å². The van der Waals surface area contributed by atoms with Gasteiger partial charge >= 0.3 is 17.6 Å². The maximum Gasteiger partial charge on any atom is 0.497 e. The Balaban J connectivity index is 2.16. The van der Waals surface area contributed by atoms with Gasteiger partial charge in [0.1, 0.15) is 17.9 Å². The Morgan fingerprint density at radius 3 is 2.36 bits per heavy atom. The lowest BCUT2D eigenvalue weighted by atomic mass is 10.2. The number of carbonyl (C=O) groups is 2. The molecule has 1 heterocycles. The van der Waals surface area contributed by atoms with Gasteiger partial charge in [0.2, 0.25) is 0 Å². The Hall–Kier alpha value is -2.30. The van der Waals surface area contributed by atoms with Crippen LogP contribution in [0.5, 0.6) is 0 Å². The van der Waals surface area contributed by atoms with Crippen LogP contribution in [0.3, 0.4) is 0 Å². The number of aliphatic carboxylic acids is 1. The first-order chi connectivity index (χ1) is 11.6. The summed E-state index contributed by atoms with van der Waals surface area (Å²) in [6, 6.07) is 6.16. The zero-order valence-electron chi connectivity index (χ0n) is 12.6. The summed E-state index contributed by atoms with van der Waals surface area (Å²) in [6.45, 7) is -0.691. The quantitative estimate of drug-likeness (QED) is 0.853. The lowest BCUT2D eigenvalue weighted by molar-refractivity contribution is -0.141.